The Hall–Kier alpha value is -3.93. The van der Waals surface area contributed by atoms with E-state index in [2.05, 4.69) is 19.1 Å². The molecule has 2 amide bonds. The number of amides is 2. The van der Waals surface area contributed by atoms with Crippen LogP contribution >= 0.6 is 11.8 Å². The molecule has 0 atom stereocenters. The number of nitrogens with zero attached hydrogens (tertiary/aromatic N) is 4. The normalized spacial score (nSPS) is 14.8. The minimum absolute atomic E-state index is 0.0243. The lowest BCUT2D eigenvalue weighted by atomic mass is 9.93. The molecule has 1 aliphatic heterocycles. The molecule has 0 saturated heterocycles. The lowest BCUT2D eigenvalue weighted by Crippen LogP contribution is -2.43. The Labute approximate surface area is 233 Å². The van der Waals surface area contributed by atoms with Crippen LogP contribution in [0.25, 0.3) is 23.0 Å². The number of imide groups is 1. The average molecular weight is 541 g/mol. The van der Waals surface area contributed by atoms with Gasteiger partial charge in [-0.2, -0.15) is 10.4 Å². The molecule has 200 valence electrons. The van der Waals surface area contributed by atoms with Crippen LogP contribution in [-0.4, -0.2) is 52.5 Å². The van der Waals surface area contributed by atoms with Gasteiger partial charge in [0.1, 0.15) is 11.6 Å². The summed E-state index contributed by atoms with van der Waals surface area (Å²) >= 11 is 1.83. The van der Waals surface area contributed by atoms with E-state index in [1.54, 1.807) is 24.8 Å². The van der Waals surface area contributed by atoms with Crippen LogP contribution in [0.3, 0.4) is 0 Å². The van der Waals surface area contributed by atoms with Crippen molar-refractivity contribution >= 4 is 29.7 Å². The largest absolute Gasteiger partial charge is 0.385 e. The van der Waals surface area contributed by atoms with Gasteiger partial charge in [-0.25, -0.2) is 4.68 Å². The SMILES string of the molecule is CCCCSc1ccc(-c2nn(-c3ccccc3)cc2/C=C2/C(=O)N(CCCOC)C(=O)C(C#N)=C2C)cc1. The number of para-hydroxylation sites is 1. The summed E-state index contributed by atoms with van der Waals surface area (Å²) in [5, 5.41) is 14.6. The molecule has 0 fully saturated rings. The number of nitriles is 1. The van der Waals surface area contributed by atoms with E-state index < -0.39 is 11.8 Å². The van der Waals surface area contributed by atoms with Gasteiger partial charge in [-0.1, -0.05) is 43.7 Å². The number of carbonyl (C=O) groups is 2. The Morgan fingerprint density at radius 3 is 2.46 bits per heavy atom. The van der Waals surface area contributed by atoms with E-state index in [-0.39, 0.29) is 12.1 Å². The van der Waals surface area contributed by atoms with Crippen molar-refractivity contribution in [3.05, 3.63) is 83.1 Å². The molecule has 3 aromatic rings. The van der Waals surface area contributed by atoms with Gasteiger partial charge in [-0.05, 0) is 61.4 Å². The molecule has 8 heteroatoms. The topological polar surface area (TPSA) is 88.2 Å². The zero-order valence-electron chi connectivity index (χ0n) is 22.5. The molecule has 0 saturated carbocycles. The highest BCUT2D eigenvalue weighted by molar-refractivity contribution is 7.99. The first kappa shape index (κ1) is 28.1. The highest BCUT2D eigenvalue weighted by Gasteiger charge is 2.35. The van der Waals surface area contributed by atoms with Gasteiger partial charge < -0.3 is 4.74 Å². The van der Waals surface area contributed by atoms with Gasteiger partial charge >= 0.3 is 0 Å². The number of hydrogen-bond acceptors (Lipinski definition) is 6. The van der Waals surface area contributed by atoms with Gasteiger partial charge in [0.05, 0.1) is 11.4 Å². The maximum atomic E-state index is 13.5. The van der Waals surface area contributed by atoms with Crippen LogP contribution in [0.15, 0.2) is 82.4 Å². The molecule has 1 aliphatic rings. The van der Waals surface area contributed by atoms with Gasteiger partial charge in [-0.15, -0.1) is 11.8 Å². The van der Waals surface area contributed by atoms with E-state index in [1.807, 2.05) is 66.5 Å². The molecular weight excluding hydrogens is 508 g/mol. The van der Waals surface area contributed by atoms with E-state index in [9.17, 15) is 14.9 Å². The number of hydrogen-bond donors (Lipinski definition) is 0. The van der Waals surface area contributed by atoms with E-state index in [0.29, 0.717) is 29.9 Å². The van der Waals surface area contributed by atoms with Gasteiger partial charge in [-0.3, -0.25) is 14.5 Å². The minimum Gasteiger partial charge on any atom is -0.385 e. The lowest BCUT2D eigenvalue weighted by molar-refractivity contribution is -0.140. The summed E-state index contributed by atoms with van der Waals surface area (Å²) in [6.45, 7) is 4.41. The molecule has 7 nitrogen and oxygen atoms in total. The van der Waals surface area contributed by atoms with E-state index >= 15 is 0 Å². The van der Waals surface area contributed by atoms with Crippen molar-refractivity contribution in [1.82, 2.24) is 14.7 Å². The monoisotopic (exact) mass is 540 g/mol. The van der Waals surface area contributed by atoms with Crippen molar-refractivity contribution in [1.29, 1.82) is 5.26 Å². The summed E-state index contributed by atoms with van der Waals surface area (Å²) in [4.78, 5) is 28.8. The molecule has 0 aliphatic carbocycles. The van der Waals surface area contributed by atoms with Crippen LogP contribution < -0.4 is 0 Å². The zero-order valence-corrected chi connectivity index (χ0v) is 23.3. The second-order valence-electron chi connectivity index (χ2n) is 9.22. The third kappa shape index (κ3) is 6.39. The average Bonchev–Trinajstić information content (AvgIpc) is 3.38. The van der Waals surface area contributed by atoms with E-state index in [1.165, 1.54) is 11.3 Å². The highest BCUT2D eigenvalue weighted by Crippen LogP contribution is 2.32. The fourth-order valence-corrected chi connectivity index (χ4v) is 5.33. The molecule has 0 N–H and O–H groups in total. The van der Waals surface area contributed by atoms with Crippen molar-refractivity contribution in [3.8, 4) is 23.0 Å². The quantitative estimate of drug-likeness (QED) is 0.127. The zero-order chi connectivity index (χ0) is 27.8. The summed E-state index contributed by atoms with van der Waals surface area (Å²) in [6, 6.07) is 20.0. The summed E-state index contributed by atoms with van der Waals surface area (Å²) in [6.07, 6.45) is 6.44. The molecule has 1 aromatic heterocycles. The number of ether oxygens (including phenoxy) is 1. The molecule has 4 rings (SSSR count). The third-order valence-corrected chi connectivity index (χ3v) is 7.61. The third-order valence-electron chi connectivity index (χ3n) is 6.51. The second kappa shape index (κ2) is 13.2. The van der Waals surface area contributed by atoms with Gasteiger partial charge in [0.15, 0.2) is 0 Å². The number of benzene rings is 2. The van der Waals surface area contributed by atoms with Crippen molar-refractivity contribution < 1.29 is 14.3 Å². The standard InChI is InChI=1S/C31H32N4O3S/c1-4-5-18-39-26-14-12-23(13-15-26)29-24(21-35(33-29)25-10-7-6-8-11-25)19-27-22(2)28(20-32)31(37)34(30(27)36)16-9-17-38-3/h6-8,10-15,19,21H,4-5,9,16-18H2,1-3H3/b27-19+. The summed E-state index contributed by atoms with van der Waals surface area (Å²) in [5.41, 5.74) is 3.88. The van der Waals surface area contributed by atoms with Crippen LogP contribution in [0, 0.1) is 11.3 Å². The van der Waals surface area contributed by atoms with E-state index in [0.717, 1.165) is 33.9 Å². The molecule has 2 heterocycles. The smallest absolute Gasteiger partial charge is 0.271 e. The summed E-state index contributed by atoms with van der Waals surface area (Å²) < 4.78 is 6.87. The van der Waals surface area contributed by atoms with Crippen molar-refractivity contribution in [2.75, 3.05) is 26.0 Å². The van der Waals surface area contributed by atoms with Crippen LogP contribution in [0.5, 0.6) is 0 Å². The summed E-state index contributed by atoms with van der Waals surface area (Å²) in [5.74, 6) is 0.0861. The molecule has 0 radical (unpaired) electrons. The molecule has 0 unspecified atom stereocenters. The van der Waals surface area contributed by atoms with Gasteiger partial charge in [0, 0.05) is 48.1 Å². The summed E-state index contributed by atoms with van der Waals surface area (Å²) in [7, 11) is 1.57. The van der Waals surface area contributed by atoms with Crippen LogP contribution in [-0.2, 0) is 14.3 Å². The Morgan fingerprint density at radius 2 is 1.79 bits per heavy atom. The second-order valence-corrected chi connectivity index (χ2v) is 10.4. The van der Waals surface area contributed by atoms with Crippen molar-refractivity contribution in [3.63, 3.8) is 0 Å². The lowest BCUT2D eigenvalue weighted by Gasteiger charge is -2.27. The van der Waals surface area contributed by atoms with Gasteiger partial charge in [0.25, 0.3) is 11.8 Å². The molecule has 2 aromatic carbocycles. The molecular formula is C31H32N4O3S. The number of unbranched alkanes of at least 4 members (excludes halogenated alkanes) is 1. The predicted octanol–water partition coefficient (Wildman–Crippen LogP) is 6.06. The van der Waals surface area contributed by atoms with Crippen LogP contribution in [0.2, 0.25) is 0 Å². The number of rotatable bonds is 11. The van der Waals surface area contributed by atoms with Gasteiger partial charge in [0.2, 0.25) is 0 Å². The highest BCUT2D eigenvalue weighted by atomic mass is 32.2. The Kier molecular flexibility index (Phi) is 9.53. The maximum absolute atomic E-state index is 13.5. The number of carbonyl (C=O) groups excluding carboxylic acids is 2. The van der Waals surface area contributed by atoms with Crippen LogP contribution in [0.1, 0.15) is 38.7 Å². The first-order valence-corrected chi connectivity index (χ1v) is 14.0. The fraction of sp³-hybridized carbons (Fsp3) is 0.290. The Morgan fingerprint density at radius 1 is 1.05 bits per heavy atom. The number of methoxy groups -OCH3 is 1. The van der Waals surface area contributed by atoms with E-state index in [4.69, 9.17) is 9.84 Å². The first-order valence-electron chi connectivity index (χ1n) is 13.0. The Bertz CT molecular complexity index is 1430. The minimum atomic E-state index is -0.565. The fourth-order valence-electron chi connectivity index (χ4n) is 4.33. The van der Waals surface area contributed by atoms with Crippen molar-refractivity contribution in [2.24, 2.45) is 0 Å². The number of thioether (sulfide) groups is 1. The Balaban J connectivity index is 1.79. The first-order chi connectivity index (χ1) is 19.0. The number of aromatic nitrogens is 2. The predicted molar refractivity (Wildman–Crippen MR) is 154 cm³/mol. The molecule has 39 heavy (non-hydrogen) atoms. The van der Waals surface area contributed by atoms with Crippen LogP contribution in [0.4, 0.5) is 0 Å². The molecule has 0 bridgehead atoms. The van der Waals surface area contributed by atoms with Crippen molar-refractivity contribution in [2.45, 2.75) is 38.0 Å². The molecule has 0 spiro atoms. The maximum Gasteiger partial charge on any atom is 0.271 e.